The van der Waals surface area contributed by atoms with E-state index in [9.17, 15) is 9.18 Å². The van der Waals surface area contributed by atoms with E-state index in [4.69, 9.17) is 0 Å². The van der Waals surface area contributed by atoms with Crippen molar-refractivity contribution in [1.82, 2.24) is 5.32 Å². The number of rotatable bonds is 3. The molecule has 3 rings (SSSR count). The van der Waals surface area contributed by atoms with E-state index in [1.807, 2.05) is 30.3 Å². The Hall–Kier alpha value is -2.16. The van der Waals surface area contributed by atoms with Crippen molar-refractivity contribution in [3.63, 3.8) is 0 Å². The number of hydrogen-bond donors (Lipinski definition) is 1. The van der Waals surface area contributed by atoms with Crippen molar-refractivity contribution < 1.29 is 9.18 Å². The molecule has 1 amide bonds. The standard InChI is InChI=1S/C17H16FNO/c1-12-11-17(12,13-7-3-2-4-8-13)19-16(20)14-9-5-6-10-15(14)18/h2-10,12H,11H2,1H3,(H,19,20). The van der Waals surface area contributed by atoms with Gasteiger partial charge in [0.2, 0.25) is 0 Å². The normalized spacial score (nSPS) is 24.2. The molecule has 1 fully saturated rings. The van der Waals surface area contributed by atoms with Crippen molar-refractivity contribution in [2.75, 3.05) is 0 Å². The lowest BCUT2D eigenvalue weighted by Gasteiger charge is -2.19. The first kappa shape index (κ1) is 12.9. The van der Waals surface area contributed by atoms with Crippen LogP contribution in [0.3, 0.4) is 0 Å². The highest BCUT2D eigenvalue weighted by molar-refractivity contribution is 5.95. The lowest BCUT2D eigenvalue weighted by atomic mass is 10.0. The van der Waals surface area contributed by atoms with Crippen molar-refractivity contribution in [2.24, 2.45) is 5.92 Å². The monoisotopic (exact) mass is 269 g/mol. The Balaban J connectivity index is 1.87. The first-order valence-electron chi connectivity index (χ1n) is 6.76. The first-order chi connectivity index (χ1) is 9.63. The second-order valence-corrected chi connectivity index (χ2v) is 5.38. The summed E-state index contributed by atoms with van der Waals surface area (Å²) in [5.41, 5.74) is 0.833. The Labute approximate surface area is 117 Å². The molecule has 102 valence electrons. The van der Waals surface area contributed by atoms with E-state index >= 15 is 0 Å². The molecule has 0 aliphatic heterocycles. The average Bonchev–Trinajstić information content (AvgIpc) is 3.11. The molecule has 2 aromatic carbocycles. The number of halogens is 1. The van der Waals surface area contributed by atoms with E-state index in [1.165, 1.54) is 12.1 Å². The molecule has 0 radical (unpaired) electrons. The number of amides is 1. The van der Waals surface area contributed by atoms with Crippen LogP contribution in [0.15, 0.2) is 54.6 Å². The Morgan fingerprint density at radius 2 is 1.75 bits per heavy atom. The molecular formula is C17H16FNO. The van der Waals surface area contributed by atoms with Crippen LogP contribution in [0.4, 0.5) is 4.39 Å². The summed E-state index contributed by atoms with van der Waals surface area (Å²) < 4.78 is 13.7. The van der Waals surface area contributed by atoms with Gasteiger partial charge >= 0.3 is 0 Å². The number of benzene rings is 2. The van der Waals surface area contributed by atoms with Crippen LogP contribution < -0.4 is 5.32 Å². The summed E-state index contributed by atoms with van der Waals surface area (Å²) in [5, 5.41) is 3.01. The van der Waals surface area contributed by atoms with Crippen LogP contribution >= 0.6 is 0 Å². The van der Waals surface area contributed by atoms with E-state index < -0.39 is 5.82 Å². The highest BCUT2D eigenvalue weighted by Gasteiger charge is 2.53. The van der Waals surface area contributed by atoms with Gasteiger partial charge in [0.25, 0.3) is 5.91 Å². The van der Waals surface area contributed by atoms with Gasteiger partial charge in [-0.25, -0.2) is 4.39 Å². The summed E-state index contributed by atoms with van der Waals surface area (Å²) in [4.78, 5) is 12.3. The molecule has 2 atom stereocenters. The van der Waals surface area contributed by atoms with Crippen LogP contribution in [0.5, 0.6) is 0 Å². The molecule has 2 aromatic rings. The fourth-order valence-corrected chi connectivity index (χ4v) is 2.72. The molecule has 3 heteroatoms. The lowest BCUT2D eigenvalue weighted by molar-refractivity contribution is 0.0923. The highest BCUT2D eigenvalue weighted by Crippen LogP contribution is 2.51. The molecule has 1 aliphatic rings. The minimum absolute atomic E-state index is 0.0990. The van der Waals surface area contributed by atoms with Crippen molar-refractivity contribution in [3.05, 3.63) is 71.5 Å². The van der Waals surface area contributed by atoms with Crippen molar-refractivity contribution in [1.29, 1.82) is 0 Å². The smallest absolute Gasteiger partial charge is 0.254 e. The van der Waals surface area contributed by atoms with E-state index in [0.29, 0.717) is 5.92 Å². The number of carbonyl (C=O) groups is 1. The summed E-state index contributed by atoms with van der Waals surface area (Å²) in [6.07, 6.45) is 0.886. The molecule has 20 heavy (non-hydrogen) atoms. The third kappa shape index (κ3) is 2.09. The number of hydrogen-bond acceptors (Lipinski definition) is 1. The molecular weight excluding hydrogens is 253 g/mol. The molecule has 2 unspecified atom stereocenters. The minimum Gasteiger partial charge on any atom is -0.342 e. The Morgan fingerprint density at radius 3 is 2.35 bits per heavy atom. The summed E-state index contributed by atoms with van der Waals surface area (Å²) in [6, 6.07) is 15.9. The fourth-order valence-electron chi connectivity index (χ4n) is 2.72. The fraction of sp³-hybridized carbons (Fsp3) is 0.235. The SMILES string of the molecule is CC1CC1(NC(=O)c1ccccc1F)c1ccccc1. The highest BCUT2D eigenvalue weighted by atomic mass is 19.1. The maximum atomic E-state index is 13.7. The molecule has 0 heterocycles. The zero-order valence-corrected chi connectivity index (χ0v) is 11.3. The van der Waals surface area contributed by atoms with Gasteiger partial charge in [0.1, 0.15) is 5.82 Å². The Morgan fingerprint density at radius 1 is 1.15 bits per heavy atom. The minimum atomic E-state index is -0.485. The van der Waals surface area contributed by atoms with Gasteiger partial charge in [-0.05, 0) is 30.0 Å². The molecule has 0 spiro atoms. The quantitative estimate of drug-likeness (QED) is 0.908. The molecule has 1 aliphatic carbocycles. The van der Waals surface area contributed by atoms with Gasteiger partial charge in [-0.1, -0.05) is 49.4 Å². The summed E-state index contributed by atoms with van der Waals surface area (Å²) in [7, 11) is 0. The topological polar surface area (TPSA) is 29.1 Å². The van der Waals surface area contributed by atoms with Gasteiger partial charge in [-0.3, -0.25) is 4.79 Å². The van der Waals surface area contributed by atoms with Crippen LogP contribution in [-0.2, 0) is 5.54 Å². The van der Waals surface area contributed by atoms with Gasteiger partial charge in [-0.2, -0.15) is 0 Å². The summed E-state index contributed by atoms with van der Waals surface area (Å²) in [5.74, 6) is -0.474. The van der Waals surface area contributed by atoms with Crippen molar-refractivity contribution in [3.8, 4) is 0 Å². The molecule has 0 aromatic heterocycles. The molecule has 2 nitrogen and oxygen atoms in total. The molecule has 1 N–H and O–H groups in total. The van der Waals surface area contributed by atoms with Gasteiger partial charge in [0, 0.05) is 0 Å². The lowest BCUT2D eigenvalue weighted by Crippen LogP contribution is -2.36. The zero-order valence-electron chi connectivity index (χ0n) is 11.3. The predicted molar refractivity (Wildman–Crippen MR) is 75.8 cm³/mol. The second kappa shape index (κ2) is 4.75. The van der Waals surface area contributed by atoms with Crippen molar-refractivity contribution in [2.45, 2.75) is 18.9 Å². The van der Waals surface area contributed by atoms with Gasteiger partial charge in [0.15, 0.2) is 0 Å². The number of carbonyl (C=O) groups excluding carboxylic acids is 1. The van der Waals surface area contributed by atoms with Crippen LogP contribution in [0, 0.1) is 11.7 Å². The second-order valence-electron chi connectivity index (χ2n) is 5.38. The predicted octanol–water partition coefficient (Wildman–Crippen LogP) is 3.49. The first-order valence-corrected chi connectivity index (χ1v) is 6.76. The molecule has 0 saturated heterocycles. The van der Waals surface area contributed by atoms with E-state index in [0.717, 1.165) is 12.0 Å². The third-order valence-electron chi connectivity index (χ3n) is 4.05. The van der Waals surface area contributed by atoms with Crippen LogP contribution in [0.2, 0.25) is 0 Å². The molecule has 1 saturated carbocycles. The van der Waals surface area contributed by atoms with E-state index in [2.05, 4.69) is 12.2 Å². The maximum absolute atomic E-state index is 13.7. The van der Waals surface area contributed by atoms with Gasteiger partial charge in [-0.15, -0.1) is 0 Å². The van der Waals surface area contributed by atoms with Crippen LogP contribution in [-0.4, -0.2) is 5.91 Å². The maximum Gasteiger partial charge on any atom is 0.254 e. The Kier molecular flexibility index (Phi) is 3.05. The van der Waals surface area contributed by atoms with Gasteiger partial charge in [0.05, 0.1) is 11.1 Å². The van der Waals surface area contributed by atoms with Gasteiger partial charge < -0.3 is 5.32 Å². The van der Waals surface area contributed by atoms with E-state index in [-0.39, 0.29) is 17.0 Å². The largest absolute Gasteiger partial charge is 0.342 e. The summed E-state index contributed by atoms with van der Waals surface area (Å²) in [6.45, 7) is 2.09. The molecule has 0 bridgehead atoms. The van der Waals surface area contributed by atoms with Crippen LogP contribution in [0.25, 0.3) is 0 Å². The van der Waals surface area contributed by atoms with E-state index in [1.54, 1.807) is 12.1 Å². The third-order valence-corrected chi connectivity index (χ3v) is 4.05. The van der Waals surface area contributed by atoms with Crippen molar-refractivity contribution >= 4 is 5.91 Å². The average molecular weight is 269 g/mol. The summed E-state index contributed by atoms with van der Waals surface area (Å²) >= 11 is 0. The van der Waals surface area contributed by atoms with Crippen LogP contribution in [0.1, 0.15) is 29.3 Å². The Bertz CT molecular complexity index is 640. The zero-order chi connectivity index (χ0) is 14.2. The number of nitrogens with one attached hydrogen (secondary N) is 1.